The van der Waals surface area contributed by atoms with Gasteiger partial charge < -0.3 is 15.4 Å². The highest BCUT2D eigenvalue weighted by molar-refractivity contribution is 5.78. The average molecular weight is 243 g/mol. The minimum atomic E-state index is 0.00994. The van der Waals surface area contributed by atoms with Crippen molar-refractivity contribution in [2.45, 2.75) is 39.0 Å². The smallest absolute Gasteiger partial charge is 0.236 e. The van der Waals surface area contributed by atoms with Crippen LogP contribution in [0.1, 0.15) is 20.8 Å². The number of hydrogen-bond donors (Lipinski definition) is 1. The fourth-order valence-electron chi connectivity index (χ4n) is 1.78. The van der Waals surface area contributed by atoms with Gasteiger partial charge in [-0.15, -0.1) is 0 Å². The molecule has 1 heterocycles. The van der Waals surface area contributed by atoms with E-state index in [-0.39, 0.29) is 24.1 Å². The Kier molecular flexibility index (Phi) is 5.36. The molecule has 2 unspecified atom stereocenters. The van der Waals surface area contributed by atoms with Gasteiger partial charge in [0.15, 0.2) is 0 Å². The maximum Gasteiger partial charge on any atom is 0.236 e. The lowest BCUT2D eigenvalue weighted by Crippen LogP contribution is -2.52. The van der Waals surface area contributed by atoms with E-state index in [9.17, 15) is 4.79 Å². The van der Waals surface area contributed by atoms with Crippen molar-refractivity contribution in [3.8, 4) is 0 Å². The zero-order chi connectivity index (χ0) is 13.0. The van der Waals surface area contributed by atoms with Gasteiger partial charge in [0.05, 0.1) is 19.3 Å². The second kappa shape index (κ2) is 6.33. The van der Waals surface area contributed by atoms with Crippen molar-refractivity contribution in [1.82, 2.24) is 9.80 Å². The van der Waals surface area contributed by atoms with Gasteiger partial charge in [-0.05, 0) is 20.8 Å². The summed E-state index contributed by atoms with van der Waals surface area (Å²) in [4.78, 5) is 15.8. The van der Waals surface area contributed by atoms with Crippen molar-refractivity contribution < 1.29 is 9.53 Å². The molecule has 17 heavy (non-hydrogen) atoms. The molecule has 0 radical (unpaired) electrons. The van der Waals surface area contributed by atoms with Crippen molar-refractivity contribution in [3.05, 3.63) is 0 Å². The highest BCUT2D eigenvalue weighted by Gasteiger charge is 2.25. The molecular weight excluding hydrogens is 218 g/mol. The van der Waals surface area contributed by atoms with Crippen LogP contribution in [0.2, 0.25) is 0 Å². The second-order valence-corrected chi connectivity index (χ2v) is 5.10. The van der Waals surface area contributed by atoms with Gasteiger partial charge in [-0.1, -0.05) is 0 Å². The number of rotatable bonds is 4. The summed E-state index contributed by atoms with van der Waals surface area (Å²) in [7, 11) is 1.84. The van der Waals surface area contributed by atoms with Gasteiger partial charge in [0, 0.05) is 32.2 Å². The Morgan fingerprint density at radius 2 is 2.18 bits per heavy atom. The molecule has 0 spiro atoms. The molecule has 0 bridgehead atoms. The topological polar surface area (TPSA) is 58.8 Å². The predicted octanol–water partition coefficient (Wildman–Crippen LogP) is -0.0988. The van der Waals surface area contributed by atoms with Crippen LogP contribution >= 0.6 is 0 Å². The zero-order valence-electron chi connectivity index (χ0n) is 11.3. The third-order valence-electron chi connectivity index (χ3n) is 3.29. The lowest BCUT2D eigenvalue weighted by Gasteiger charge is -2.35. The van der Waals surface area contributed by atoms with Crippen LogP contribution in [0, 0.1) is 0 Å². The van der Waals surface area contributed by atoms with Gasteiger partial charge >= 0.3 is 0 Å². The molecule has 5 nitrogen and oxygen atoms in total. The van der Waals surface area contributed by atoms with E-state index < -0.39 is 0 Å². The first-order valence-corrected chi connectivity index (χ1v) is 6.27. The van der Waals surface area contributed by atoms with Crippen molar-refractivity contribution in [1.29, 1.82) is 0 Å². The third kappa shape index (κ3) is 4.26. The van der Waals surface area contributed by atoms with Crippen LogP contribution in [0.15, 0.2) is 0 Å². The minimum absolute atomic E-state index is 0.00994. The molecule has 1 amide bonds. The molecule has 1 rings (SSSR count). The molecule has 0 aromatic heterocycles. The van der Waals surface area contributed by atoms with Crippen LogP contribution < -0.4 is 5.73 Å². The molecule has 1 fully saturated rings. The SMILES string of the molecule is CC(N)C1CN(CC(=O)N(C)C(C)C)CCO1. The summed E-state index contributed by atoms with van der Waals surface area (Å²) in [5.41, 5.74) is 5.82. The first kappa shape index (κ1) is 14.4. The summed E-state index contributed by atoms with van der Waals surface area (Å²) in [6.45, 7) is 8.64. The molecular formula is C12H25N3O2. The molecule has 0 aromatic carbocycles. The standard InChI is InChI=1S/C12H25N3O2/c1-9(2)14(4)12(16)8-15-5-6-17-11(7-15)10(3)13/h9-11H,5-8,13H2,1-4H3. The van der Waals surface area contributed by atoms with Crippen LogP contribution in [0.5, 0.6) is 0 Å². The van der Waals surface area contributed by atoms with E-state index in [4.69, 9.17) is 10.5 Å². The number of hydrogen-bond acceptors (Lipinski definition) is 4. The van der Waals surface area contributed by atoms with Gasteiger partial charge in [0.25, 0.3) is 0 Å². The van der Waals surface area contributed by atoms with Crippen molar-refractivity contribution in [2.75, 3.05) is 33.3 Å². The zero-order valence-corrected chi connectivity index (χ0v) is 11.3. The Hall–Kier alpha value is -0.650. The van der Waals surface area contributed by atoms with Crippen molar-refractivity contribution in [2.24, 2.45) is 5.73 Å². The number of likely N-dealkylation sites (N-methyl/N-ethyl adjacent to an activating group) is 1. The molecule has 0 saturated carbocycles. The minimum Gasteiger partial charge on any atom is -0.374 e. The first-order chi connectivity index (χ1) is 7.91. The molecule has 2 atom stereocenters. The monoisotopic (exact) mass is 243 g/mol. The normalized spacial score (nSPS) is 23.8. The summed E-state index contributed by atoms with van der Waals surface area (Å²) in [6, 6.07) is 0.253. The van der Waals surface area contributed by atoms with Gasteiger partial charge in [0.2, 0.25) is 5.91 Å². The van der Waals surface area contributed by atoms with Crippen LogP contribution in [0.25, 0.3) is 0 Å². The largest absolute Gasteiger partial charge is 0.374 e. The van der Waals surface area contributed by atoms with E-state index >= 15 is 0 Å². The van der Waals surface area contributed by atoms with Gasteiger partial charge in [-0.25, -0.2) is 0 Å². The number of nitrogens with zero attached hydrogens (tertiary/aromatic N) is 2. The van der Waals surface area contributed by atoms with Crippen molar-refractivity contribution in [3.63, 3.8) is 0 Å². The number of amides is 1. The van der Waals surface area contributed by atoms with E-state index in [1.807, 2.05) is 27.8 Å². The van der Waals surface area contributed by atoms with Gasteiger partial charge in [-0.3, -0.25) is 9.69 Å². The maximum absolute atomic E-state index is 11.9. The number of carbonyl (C=O) groups excluding carboxylic acids is 1. The maximum atomic E-state index is 11.9. The Balaban J connectivity index is 2.43. The van der Waals surface area contributed by atoms with E-state index in [1.165, 1.54) is 0 Å². The Labute approximate surface area is 104 Å². The van der Waals surface area contributed by atoms with Crippen LogP contribution in [0.4, 0.5) is 0 Å². The Bertz CT molecular complexity index is 256. The van der Waals surface area contributed by atoms with E-state index in [2.05, 4.69) is 4.90 Å². The van der Waals surface area contributed by atoms with Gasteiger partial charge in [-0.2, -0.15) is 0 Å². The average Bonchev–Trinajstić information content (AvgIpc) is 2.28. The van der Waals surface area contributed by atoms with E-state index in [0.29, 0.717) is 13.2 Å². The number of nitrogens with two attached hydrogens (primary N) is 1. The van der Waals surface area contributed by atoms with E-state index in [1.54, 1.807) is 4.90 Å². The molecule has 0 aliphatic carbocycles. The summed E-state index contributed by atoms with van der Waals surface area (Å²) in [6.07, 6.45) is 0.0425. The lowest BCUT2D eigenvalue weighted by molar-refractivity contribution is -0.134. The second-order valence-electron chi connectivity index (χ2n) is 5.10. The van der Waals surface area contributed by atoms with Crippen LogP contribution in [0.3, 0.4) is 0 Å². The fraction of sp³-hybridized carbons (Fsp3) is 0.917. The molecule has 1 aliphatic heterocycles. The summed E-state index contributed by atoms with van der Waals surface area (Å²) < 4.78 is 5.57. The molecule has 2 N–H and O–H groups in total. The first-order valence-electron chi connectivity index (χ1n) is 6.27. The van der Waals surface area contributed by atoms with Gasteiger partial charge in [0.1, 0.15) is 0 Å². The predicted molar refractivity (Wildman–Crippen MR) is 67.7 cm³/mol. The summed E-state index contributed by atoms with van der Waals surface area (Å²) >= 11 is 0. The van der Waals surface area contributed by atoms with E-state index in [0.717, 1.165) is 13.1 Å². The fourth-order valence-corrected chi connectivity index (χ4v) is 1.78. The van der Waals surface area contributed by atoms with Crippen LogP contribution in [-0.2, 0) is 9.53 Å². The molecule has 1 aliphatic rings. The molecule has 0 aromatic rings. The Morgan fingerprint density at radius 3 is 2.71 bits per heavy atom. The van der Waals surface area contributed by atoms with Crippen molar-refractivity contribution >= 4 is 5.91 Å². The number of morpholine rings is 1. The summed E-state index contributed by atoms with van der Waals surface area (Å²) in [5, 5.41) is 0. The number of ether oxygens (including phenoxy) is 1. The lowest BCUT2D eigenvalue weighted by atomic mass is 10.1. The number of carbonyl (C=O) groups is 1. The summed E-state index contributed by atoms with van der Waals surface area (Å²) in [5.74, 6) is 0.158. The molecule has 1 saturated heterocycles. The Morgan fingerprint density at radius 1 is 1.53 bits per heavy atom. The quantitative estimate of drug-likeness (QED) is 0.749. The third-order valence-corrected chi connectivity index (χ3v) is 3.29. The molecule has 100 valence electrons. The highest BCUT2D eigenvalue weighted by Crippen LogP contribution is 2.08. The molecule has 5 heteroatoms. The highest BCUT2D eigenvalue weighted by atomic mass is 16.5. The van der Waals surface area contributed by atoms with Crippen LogP contribution in [-0.4, -0.2) is 67.2 Å².